The number of H-pyrrole nitrogens is 1. The van der Waals surface area contributed by atoms with Crippen LogP contribution in [0.25, 0.3) is 0 Å². The maximum Gasteiger partial charge on any atom is 0.274 e. The zero-order valence-corrected chi connectivity index (χ0v) is 14.3. The molecule has 23 heavy (non-hydrogen) atoms. The molecule has 3 heterocycles. The minimum Gasteiger partial charge on any atom is -0.336 e. The first kappa shape index (κ1) is 15.2. The Morgan fingerprint density at radius 2 is 1.96 bits per heavy atom. The molecule has 126 valence electrons. The first-order valence-electron chi connectivity index (χ1n) is 9.28. The number of amides is 1. The van der Waals surface area contributed by atoms with E-state index in [1.807, 2.05) is 0 Å². The van der Waals surface area contributed by atoms with Crippen LogP contribution in [0.5, 0.6) is 0 Å². The fraction of sp³-hybridized carbons (Fsp3) is 0.778. The lowest BCUT2D eigenvalue weighted by Crippen LogP contribution is -2.44. The zero-order chi connectivity index (χ0) is 16.0. The van der Waals surface area contributed by atoms with E-state index < -0.39 is 0 Å². The SMILES string of the molecule is CC(C)N1[C@H]2CC[C@H]1CN(C(=O)c1n[nH]c3c1CCCC3)CC2. The van der Waals surface area contributed by atoms with E-state index in [2.05, 4.69) is 33.8 Å². The summed E-state index contributed by atoms with van der Waals surface area (Å²) in [6.07, 6.45) is 8.06. The van der Waals surface area contributed by atoms with Gasteiger partial charge < -0.3 is 4.90 Å². The number of aromatic nitrogens is 2. The molecule has 2 aliphatic heterocycles. The van der Waals surface area contributed by atoms with Crippen molar-refractivity contribution in [3.05, 3.63) is 17.0 Å². The predicted octanol–water partition coefficient (Wildman–Crippen LogP) is 2.38. The Morgan fingerprint density at radius 1 is 1.17 bits per heavy atom. The Balaban J connectivity index is 1.55. The zero-order valence-electron chi connectivity index (χ0n) is 14.3. The van der Waals surface area contributed by atoms with Crippen molar-refractivity contribution in [1.29, 1.82) is 0 Å². The van der Waals surface area contributed by atoms with Crippen LogP contribution in [-0.4, -0.2) is 57.1 Å². The highest BCUT2D eigenvalue weighted by molar-refractivity contribution is 5.94. The number of rotatable bonds is 2. The summed E-state index contributed by atoms with van der Waals surface area (Å²) in [6, 6.07) is 1.76. The van der Waals surface area contributed by atoms with Gasteiger partial charge in [-0.2, -0.15) is 5.10 Å². The normalized spacial score (nSPS) is 28.0. The molecule has 1 aromatic rings. The molecule has 0 aromatic carbocycles. The number of likely N-dealkylation sites (tertiary alicyclic amines) is 1. The van der Waals surface area contributed by atoms with Gasteiger partial charge in [0.1, 0.15) is 0 Å². The molecule has 3 aliphatic rings. The van der Waals surface area contributed by atoms with Crippen LogP contribution in [0.4, 0.5) is 0 Å². The van der Waals surface area contributed by atoms with Gasteiger partial charge in [-0.3, -0.25) is 14.8 Å². The topological polar surface area (TPSA) is 52.2 Å². The number of hydrogen-bond acceptors (Lipinski definition) is 3. The van der Waals surface area contributed by atoms with Crippen molar-refractivity contribution in [3.63, 3.8) is 0 Å². The van der Waals surface area contributed by atoms with Gasteiger partial charge in [0.15, 0.2) is 5.69 Å². The number of carbonyl (C=O) groups excluding carboxylic acids is 1. The van der Waals surface area contributed by atoms with Gasteiger partial charge in [0, 0.05) is 42.5 Å². The van der Waals surface area contributed by atoms with E-state index >= 15 is 0 Å². The Labute approximate surface area is 138 Å². The van der Waals surface area contributed by atoms with Crippen LogP contribution in [-0.2, 0) is 12.8 Å². The highest BCUT2D eigenvalue weighted by Crippen LogP contribution is 2.33. The molecular formula is C18H28N4O. The largest absolute Gasteiger partial charge is 0.336 e. The van der Waals surface area contributed by atoms with Gasteiger partial charge >= 0.3 is 0 Å². The summed E-state index contributed by atoms with van der Waals surface area (Å²) in [6.45, 7) is 6.32. The summed E-state index contributed by atoms with van der Waals surface area (Å²) in [5.74, 6) is 0.153. The molecule has 1 aromatic heterocycles. The molecule has 2 bridgehead atoms. The molecular weight excluding hydrogens is 288 g/mol. The lowest BCUT2D eigenvalue weighted by atomic mass is 9.95. The number of carbonyl (C=O) groups is 1. The summed E-state index contributed by atoms with van der Waals surface area (Å²) in [5, 5.41) is 7.50. The van der Waals surface area contributed by atoms with Crippen molar-refractivity contribution in [2.24, 2.45) is 0 Å². The monoisotopic (exact) mass is 316 g/mol. The standard InChI is InChI=1S/C18H28N4O/c1-12(2)22-13-7-8-14(22)11-21(10-9-13)18(23)17-15-5-3-4-6-16(15)19-20-17/h12-14H,3-11H2,1-2H3,(H,19,20)/t13-,14-/m0/s1. The van der Waals surface area contributed by atoms with E-state index in [-0.39, 0.29) is 5.91 Å². The number of aromatic amines is 1. The van der Waals surface area contributed by atoms with Gasteiger partial charge in [-0.25, -0.2) is 0 Å². The molecule has 5 heteroatoms. The van der Waals surface area contributed by atoms with E-state index in [0.29, 0.717) is 23.8 Å². The van der Waals surface area contributed by atoms with Crippen molar-refractivity contribution >= 4 is 5.91 Å². The third-order valence-corrected chi connectivity index (χ3v) is 5.98. The molecule has 5 nitrogen and oxygen atoms in total. The molecule has 0 saturated carbocycles. The van der Waals surface area contributed by atoms with Crippen molar-refractivity contribution in [2.45, 2.75) is 76.9 Å². The number of aryl methyl sites for hydroxylation is 1. The first-order valence-corrected chi connectivity index (χ1v) is 9.28. The van der Waals surface area contributed by atoms with Crippen molar-refractivity contribution in [1.82, 2.24) is 20.0 Å². The molecule has 0 spiro atoms. The van der Waals surface area contributed by atoms with Crippen LogP contribution >= 0.6 is 0 Å². The van der Waals surface area contributed by atoms with Crippen molar-refractivity contribution in [2.75, 3.05) is 13.1 Å². The molecule has 4 rings (SSSR count). The second-order valence-corrected chi connectivity index (χ2v) is 7.70. The third-order valence-electron chi connectivity index (χ3n) is 5.98. The van der Waals surface area contributed by atoms with Crippen LogP contribution in [0.2, 0.25) is 0 Å². The lowest BCUT2D eigenvalue weighted by molar-refractivity contribution is 0.0721. The van der Waals surface area contributed by atoms with E-state index in [0.717, 1.165) is 32.4 Å². The minimum absolute atomic E-state index is 0.153. The number of hydrogen-bond donors (Lipinski definition) is 1. The Hall–Kier alpha value is -1.36. The average molecular weight is 316 g/mol. The number of nitrogens with one attached hydrogen (secondary N) is 1. The van der Waals surface area contributed by atoms with Crippen LogP contribution in [0.3, 0.4) is 0 Å². The summed E-state index contributed by atoms with van der Waals surface area (Å²) in [7, 11) is 0. The molecule has 2 saturated heterocycles. The molecule has 2 atom stereocenters. The van der Waals surface area contributed by atoms with Gasteiger partial charge in [0.05, 0.1) is 0 Å². The highest BCUT2D eigenvalue weighted by Gasteiger charge is 2.40. The predicted molar refractivity (Wildman–Crippen MR) is 89.5 cm³/mol. The van der Waals surface area contributed by atoms with Gasteiger partial charge in [-0.05, 0) is 58.8 Å². The molecule has 0 radical (unpaired) electrons. The van der Waals surface area contributed by atoms with Gasteiger partial charge in [-0.15, -0.1) is 0 Å². The number of fused-ring (bicyclic) bond motifs is 3. The maximum atomic E-state index is 13.1. The lowest BCUT2D eigenvalue weighted by Gasteiger charge is -2.32. The van der Waals surface area contributed by atoms with Gasteiger partial charge in [-0.1, -0.05) is 0 Å². The van der Waals surface area contributed by atoms with Crippen LogP contribution < -0.4 is 0 Å². The summed E-state index contributed by atoms with van der Waals surface area (Å²) in [4.78, 5) is 17.8. The van der Waals surface area contributed by atoms with E-state index in [1.165, 1.54) is 36.9 Å². The van der Waals surface area contributed by atoms with Crippen LogP contribution in [0.15, 0.2) is 0 Å². The third kappa shape index (κ3) is 2.59. The fourth-order valence-corrected chi connectivity index (χ4v) is 4.95. The summed E-state index contributed by atoms with van der Waals surface area (Å²) in [5.41, 5.74) is 3.09. The quantitative estimate of drug-likeness (QED) is 0.911. The Morgan fingerprint density at radius 3 is 2.78 bits per heavy atom. The summed E-state index contributed by atoms with van der Waals surface area (Å²) < 4.78 is 0. The molecule has 1 amide bonds. The first-order chi connectivity index (χ1) is 11.1. The average Bonchev–Trinajstić information content (AvgIpc) is 3.07. The van der Waals surface area contributed by atoms with E-state index in [9.17, 15) is 4.79 Å². The molecule has 2 fully saturated rings. The van der Waals surface area contributed by atoms with Crippen LogP contribution in [0.1, 0.15) is 67.7 Å². The van der Waals surface area contributed by atoms with Gasteiger partial charge in [0.2, 0.25) is 0 Å². The Kier molecular flexibility index (Phi) is 3.92. The van der Waals surface area contributed by atoms with E-state index in [4.69, 9.17) is 0 Å². The highest BCUT2D eigenvalue weighted by atomic mass is 16.2. The van der Waals surface area contributed by atoms with Gasteiger partial charge in [0.25, 0.3) is 5.91 Å². The smallest absolute Gasteiger partial charge is 0.274 e. The van der Waals surface area contributed by atoms with E-state index in [1.54, 1.807) is 0 Å². The van der Waals surface area contributed by atoms with Crippen molar-refractivity contribution in [3.8, 4) is 0 Å². The second kappa shape index (κ2) is 5.93. The minimum atomic E-state index is 0.153. The summed E-state index contributed by atoms with van der Waals surface area (Å²) >= 11 is 0. The maximum absolute atomic E-state index is 13.1. The van der Waals surface area contributed by atoms with Crippen LogP contribution in [0, 0.1) is 0 Å². The molecule has 1 N–H and O–H groups in total. The second-order valence-electron chi connectivity index (χ2n) is 7.70. The molecule has 0 unspecified atom stereocenters. The Bertz CT molecular complexity index is 594. The number of nitrogens with zero attached hydrogens (tertiary/aromatic N) is 3. The molecule has 1 aliphatic carbocycles. The van der Waals surface area contributed by atoms with Crippen molar-refractivity contribution < 1.29 is 4.79 Å². The fourth-order valence-electron chi connectivity index (χ4n) is 4.95.